The highest BCUT2D eigenvalue weighted by Crippen LogP contribution is 2.33. The SMILES string of the molecule is COc1ccc2c(Cc3cccc(/C(O)=C/C(N)=O)n3)c(-c3ccccc3)[nH]c2c1. The van der Waals surface area contributed by atoms with Gasteiger partial charge in [-0.15, -0.1) is 0 Å². The summed E-state index contributed by atoms with van der Waals surface area (Å²) in [6, 6.07) is 21.3. The monoisotopic (exact) mass is 399 g/mol. The van der Waals surface area contributed by atoms with Crippen molar-refractivity contribution in [1.82, 2.24) is 9.97 Å². The van der Waals surface area contributed by atoms with Gasteiger partial charge in [0.15, 0.2) is 0 Å². The van der Waals surface area contributed by atoms with E-state index in [9.17, 15) is 9.90 Å². The van der Waals surface area contributed by atoms with E-state index in [0.29, 0.717) is 12.1 Å². The molecule has 2 aromatic carbocycles. The molecular formula is C24H21N3O3. The van der Waals surface area contributed by atoms with Gasteiger partial charge in [0.2, 0.25) is 5.91 Å². The van der Waals surface area contributed by atoms with Crippen LogP contribution in [0.25, 0.3) is 27.9 Å². The number of hydrogen-bond donors (Lipinski definition) is 3. The van der Waals surface area contributed by atoms with E-state index in [1.165, 1.54) is 0 Å². The highest BCUT2D eigenvalue weighted by Gasteiger charge is 2.15. The summed E-state index contributed by atoms with van der Waals surface area (Å²) in [5.74, 6) is -0.204. The number of rotatable bonds is 6. The zero-order chi connectivity index (χ0) is 21.1. The Balaban J connectivity index is 1.81. The average Bonchev–Trinajstić information content (AvgIpc) is 3.11. The molecule has 4 N–H and O–H groups in total. The van der Waals surface area contributed by atoms with Gasteiger partial charge in [0.25, 0.3) is 0 Å². The summed E-state index contributed by atoms with van der Waals surface area (Å²) in [6.07, 6.45) is 1.49. The lowest BCUT2D eigenvalue weighted by Crippen LogP contribution is -2.07. The van der Waals surface area contributed by atoms with E-state index in [4.69, 9.17) is 10.5 Å². The zero-order valence-corrected chi connectivity index (χ0v) is 16.4. The summed E-state index contributed by atoms with van der Waals surface area (Å²) in [4.78, 5) is 19.1. The third-order valence-corrected chi connectivity index (χ3v) is 4.88. The normalized spacial score (nSPS) is 11.6. The van der Waals surface area contributed by atoms with E-state index in [2.05, 4.69) is 22.1 Å². The van der Waals surface area contributed by atoms with E-state index >= 15 is 0 Å². The summed E-state index contributed by atoms with van der Waals surface area (Å²) in [6.45, 7) is 0. The highest BCUT2D eigenvalue weighted by atomic mass is 16.5. The van der Waals surface area contributed by atoms with Crippen molar-refractivity contribution in [2.24, 2.45) is 5.73 Å². The van der Waals surface area contributed by atoms with Crippen LogP contribution in [0.4, 0.5) is 0 Å². The van der Waals surface area contributed by atoms with Crippen LogP contribution in [0.1, 0.15) is 17.0 Å². The van der Waals surface area contributed by atoms with Crippen molar-refractivity contribution in [3.05, 3.63) is 89.8 Å². The molecule has 0 spiro atoms. The van der Waals surface area contributed by atoms with E-state index in [1.807, 2.05) is 42.5 Å². The van der Waals surface area contributed by atoms with Crippen LogP contribution in [0.5, 0.6) is 5.75 Å². The standard InChI is InChI=1S/C24H21N3O3/c1-30-17-10-11-18-19(24(27-21(18)13-17)15-6-3-2-4-7-15)12-16-8-5-9-20(26-16)22(28)14-23(25)29/h2-11,13-14,27-28H,12H2,1H3,(H2,25,29)/b22-14-. The number of primary amides is 1. The van der Waals surface area contributed by atoms with Crippen LogP contribution in [-0.4, -0.2) is 28.1 Å². The number of hydrogen-bond acceptors (Lipinski definition) is 4. The third-order valence-electron chi connectivity index (χ3n) is 4.88. The molecule has 4 rings (SSSR count). The largest absolute Gasteiger partial charge is 0.505 e. The van der Waals surface area contributed by atoms with Crippen LogP contribution in [0.2, 0.25) is 0 Å². The van der Waals surface area contributed by atoms with E-state index in [-0.39, 0.29) is 5.76 Å². The number of amides is 1. The lowest BCUT2D eigenvalue weighted by Gasteiger charge is -2.07. The van der Waals surface area contributed by atoms with E-state index in [1.54, 1.807) is 19.2 Å². The van der Waals surface area contributed by atoms with Gasteiger partial charge < -0.3 is 20.6 Å². The minimum atomic E-state index is -0.725. The number of ether oxygens (including phenoxy) is 1. The van der Waals surface area contributed by atoms with Gasteiger partial charge in [-0.25, -0.2) is 4.98 Å². The quantitative estimate of drug-likeness (QED) is 0.334. The molecule has 6 nitrogen and oxygen atoms in total. The molecule has 0 radical (unpaired) electrons. The van der Waals surface area contributed by atoms with Crippen LogP contribution < -0.4 is 10.5 Å². The lowest BCUT2D eigenvalue weighted by molar-refractivity contribution is -0.113. The Hall–Kier alpha value is -4.06. The lowest BCUT2D eigenvalue weighted by atomic mass is 10.0. The fourth-order valence-corrected chi connectivity index (χ4v) is 3.51. The number of nitrogens with zero attached hydrogens (tertiary/aromatic N) is 1. The van der Waals surface area contributed by atoms with Gasteiger partial charge in [0, 0.05) is 35.2 Å². The number of methoxy groups -OCH3 is 1. The summed E-state index contributed by atoms with van der Waals surface area (Å²) in [5.41, 5.74) is 10.3. The fraction of sp³-hybridized carbons (Fsp3) is 0.0833. The number of aromatic amines is 1. The molecule has 0 atom stereocenters. The van der Waals surface area contributed by atoms with Crippen molar-refractivity contribution in [3.8, 4) is 17.0 Å². The number of nitrogens with one attached hydrogen (secondary N) is 1. The molecule has 0 aliphatic heterocycles. The Bertz CT molecular complexity index is 1240. The Morgan fingerprint density at radius 1 is 1.13 bits per heavy atom. The molecule has 0 aliphatic carbocycles. The molecular weight excluding hydrogens is 378 g/mol. The predicted molar refractivity (Wildman–Crippen MR) is 117 cm³/mol. The second-order valence-electron chi connectivity index (χ2n) is 6.88. The minimum absolute atomic E-state index is 0.253. The summed E-state index contributed by atoms with van der Waals surface area (Å²) >= 11 is 0. The number of fused-ring (bicyclic) bond motifs is 1. The molecule has 30 heavy (non-hydrogen) atoms. The third kappa shape index (κ3) is 3.89. The van der Waals surface area contributed by atoms with E-state index in [0.717, 1.165) is 45.2 Å². The van der Waals surface area contributed by atoms with Gasteiger partial charge in [-0.05, 0) is 35.4 Å². The fourth-order valence-electron chi connectivity index (χ4n) is 3.51. The van der Waals surface area contributed by atoms with Crippen molar-refractivity contribution in [1.29, 1.82) is 0 Å². The topological polar surface area (TPSA) is 101 Å². The number of carbonyl (C=O) groups is 1. The number of benzene rings is 2. The molecule has 6 heteroatoms. The number of H-pyrrole nitrogens is 1. The highest BCUT2D eigenvalue weighted by molar-refractivity contribution is 5.92. The maximum atomic E-state index is 11.1. The van der Waals surface area contributed by atoms with Crippen LogP contribution >= 0.6 is 0 Å². The number of nitrogens with two attached hydrogens (primary N) is 1. The van der Waals surface area contributed by atoms with Gasteiger partial charge in [0.1, 0.15) is 17.2 Å². The number of pyridine rings is 1. The maximum absolute atomic E-state index is 11.1. The molecule has 2 aromatic heterocycles. The maximum Gasteiger partial charge on any atom is 0.245 e. The van der Waals surface area contributed by atoms with Gasteiger partial charge in [-0.2, -0.15) is 0 Å². The number of carbonyl (C=O) groups excluding carboxylic acids is 1. The van der Waals surface area contributed by atoms with Crippen molar-refractivity contribution in [2.75, 3.05) is 7.11 Å². The van der Waals surface area contributed by atoms with Gasteiger partial charge in [-0.1, -0.05) is 36.4 Å². The molecule has 0 saturated carbocycles. The van der Waals surface area contributed by atoms with Gasteiger partial charge >= 0.3 is 0 Å². The average molecular weight is 399 g/mol. The Labute approximate surface area is 173 Å². The number of aromatic nitrogens is 2. The molecule has 1 amide bonds. The van der Waals surface area contributed by atoms with Crippen LogP contribution in [0.3, 0.4) is 0 Å². The first-order valence-corrected chi connectivity index (χ1v) is 9.45. The van der Waals surface area contributed by atoms with Crippen LogP contribution in [0, 0.1) is 0 Å². The van der Waals surface area contributed by atoms with Crippen LogP contribution in [-0.2, 0) is 11.2 Å². The van der Waals surface area contributed by atoms with Gasteiger partial charge in [-0.3, -0.25) is 4.79 Å². The molecule has 0 fully saturated rings. The Kier molecular flexibility index (Phi) is 5.22. The Morgan fingerprint density at radius 3 is 2.67 bits per heavy atom. The number of aliphatic hydroxyl groups excluding tert-OH is 1. The van der Waals surface area contributed by atoms with Crippen LogP contribution in [0.15, 0.2) is 72.8 Å². The van der Waals surface area contributed by atoms with Crippen molar-refractivity contribution >= 4 is 22.6 Å². The molecule has 0 bridgehead atoms. The number of aliphatic hydroxyl groups is 1. The second kappa shape index (κ2) is 8.13. The molecule has 0 saturated heterocycles. The smallest absolute Gasteiger partial charge is 0.245 e. The first-order chi connectivity index (χ1) is 14.5. The van der Waals surface area contributed by atoms with Crippen molar-refractivity contribution < 1.29 is 14.6 Å². The predicted octanol–water partition coefficient (Wildman–Crippen LogP) is 4.21. The molecule has 0 unspecified atom stereocenters. The van der Waals surface area contributed by atoms with Crippen molar-refractivity contribution in [3.63, 3.8) is 0 Å². The molecule has 150 valence electrons. The van der Waals surface area contributed by atoms with Crippen molar-refractivity contribution in [2.45, 2.75) is 6.42 Å². The first kappa shape index (κ1) is 19.3. The first-order valence-electron chi connectivity index (χ1n) is 9.45. The summed E-state index contributed by atoms with van der Waals surface area (Å²) in [7, 11) is 1.64. The molecule has 2 heterocycles. The molecule has 0 aliphatic rings. The summed E-state index contributed by atoms with van der Waals surface area (Å²) < 4.78 is 5.37. The second-order valence-corrected chi connectivity index (χ2v) is 6.88. The minimum Gasteiger partial charge on any atom is -0.505 e. The van der Waals surface area contributed by atoms with E-state index < -0.39 is 5.91 Å². The van der Waals surface area contributed by atoms with Gasteiger partial charge in [0.05, 0.1) is 12.8 Å². The Morgan fingerprint density at radius 2 is 1.93 bits per heavy atom. The molecule has 4 aromatic rings. The summed E-state index contributed by atoms with van der Waals surface area (Å²) in [5, 5.41) is 11.1. The zero-order valence-electron chi connectivity index (χ0n) is 16.4.